The zero-order chi connectivity index (χ0) is 16.9. The number of benzene rings is 2. The van der Waals surface area contributed by atoms with Crippen molar-refractivity contribution in [1.29, 1.82) is 0 Å². The van der Waals surface area contributed by atoms with Crippen LogP contribution in [0.4, 0.5) is 5.69 Å². The van der Waals surface area contributed by atoms with E-state index >= 15 is 0 Å². The number of hydrogen-bond donors (Lipinski definition) is 0. The standard InChI is InChI=1S/C20H21N3O/c1-3-19-18(20(24)22(2)17-12-8-5-9-13-17)14-21-23(19)15-16-10-6-4-7-11-16/h4-14H,3,15H2,1-2H3. The number of para-hydroxylation sites is 1. The summed E-state index contributed by atoms with van der Waals surface area (Å²) in [6.07, 6.45) is 2.44. The third-order valence-corrected chi connectivity index (χ3v) is 4.14. The van der Waals surface area contributed by atoms with E-state index in [0.29, 0.717) is 12.1 Å². The van der Waals surface area contributed by atoms with Gasteiger partial charge in [0.15, 0.2) is 0 Å². The Morgan fingerprint density at radius 2 is 1.67 bits per heavy atom. The van der Waals surface area contributed by atoms with Gasteiger partial charge in [-0.15, -0.1) is 0 Å². The largest absolute Gasteiger partial charge is 0.311 e. The van der Waals surface area contributed by atoms with Crippen LogP contribution in [0, 0.1) is 0 Å². The van der Waals surface area contributed by atoms with Gasteiger partial charge in [-0.1, -0.05) is 55.5 Å². The molecule has 3 rings (SSSR count). The van der Waals surface area contributed by atoms with Crippen molar-refractivity contribution in [3.8, 4) is 0 Å². The van der Waals surface area contributed by atoms with Crippen molar-refractivity contribution < 1.29 is 4.79 Å². The van der Waals surface area contributed by atoms with Gasteiger partial charge >= 0.3 is 0 Å². The maximum Gasteiger partial charge on any atom is 0.261 e. The molecule has 2 aromatic carbocycles. The van der Waals surface area contributed by atoms with E-state index < -0.39 is 0 Å². The van der Waals surface area contributed by atoms with Crippen molar-refractivity contribution in [2.75, 3.05) is 11.9 Å². The summed E-state index contributed by atoms with van der Waals surface area (Å²) in [5, 5.41) is 4.45. The summed E-state index contributed by atoms with van der Waals surface area (Å²) in [6.45, 7) is 2.73. The highest BCUT2D eigenvalue weighted by Crippen LogP contribution is 2.18. The highest BCUT2D eigenvalue weighted by Gasteiger charge is 2.20. The minimum absolute atomic E-state index is 0.0302. The fourth-order valence-corrected chi connectivity index (χ4v) is 2.80. The summed E-state index contributed by atoms with van der Waals surface area (Å²) in [4.78, 5) is 14.5. The third kappa shape index (κ3) is 3.23. The number of carbonyl (C=O) groups excluding carboxylic acids is 1. The lowest BCUT2D eigenvalue weighted by Gasteiger charge is -2.17. The van der Waals surface area contributed by atoms with E-state index in [1.54, 1.807) is 18.1 Å². The fourth-order valence-electron chi connectivity index (χ4n) is 2.80. The van der Waals surface area contributed by atoms with Gasteiger partial charge in [-0.3, -0.25) is 9.48 Å². The van der Waals surface area contributed by atoms with Crippen molar-refractivity contribution in [3.63, 3.8) is 0 Å². The van der Waals surface area contributed by atoms with Crippen molar-refractivity contribution in [2.24, 2.45) is 0 Å². The maximum absolute atomic E-state index is 12.9. The molecule has 0 aliphatic heterocycles. The molecule has 0 N–H and O–H groups in total. The van der Waals surface area contributed by atoms with Crippen LogP contribution in [0.3, 0.4) is 0 Å². The summed E-state index contributed by atoms with van der Waals surface area (Å²) in [5.41, 5.74) is 3.68. The number of aromatic nitrogens is 2. The Hall–Kier alpha value is -2.88. The number of carbonyl (C=O) groups is 1. The Morgan fingerprint density at radius 3 is 2.29 bits per heavy atom. The second-order valence-electron chi connectivity index (χ2n) is 5.70. The van der Waals surface area contributed by atoms with Crippen LogP contribution in [-0.4, -0.2) is 22.7 Å². The Balaban J connectivity index is 1.87. The first-order valence-electron chi connectivity index (χ1n) is 8.12. The third-order valence-electron chi connectivity index (χ3n) is 4.14. The Morgan fingerprint density at radius 1 is 1.04 bits per heavy atom. The van der Waals surface area contributed by atoms with Gasteiger partial charge < -0.3 is 4.90 Å². The molecule has 0 fully saturated rings. The molecule has 0 saturated carbocycles. The molecule has 1 amide bonds. The van der Waals surface area contributed by atoms with Crippen LogP contribution in [0.25, 0.3) is 0 Å². The highest BCUT2D eigenvalue weighted by atomic mass is 16.2. The van der Waals surface area contributed by atoms with Gasteiger partial charge in [0.2, 0.25) is 0 Å². The van der Waals surface area contributed by atoms with Crippen LogP contribution >= 0.6 is 0 Å². The minimum atomic E-state index is -0.0302. The molecule has 0 atom stereocenters. The Kier molecular flexibility index (Phi) is 4.75. The van der Waals surface area contributed by atoms with Gasteiger partial charge in [0.05, 0.1) is 24.0 Å². The van der Waals surface area contributed by atoms with Gasteiger partial charge in [-0.25, -0.2) is 0 Å². The van der Waals surface area contributed by atoms with Crippen molar-refractivity contribution in [1.82, 2.24) is 9.78 Å². The summed E-state index contributed by atoms with van der Waals surface area (Å²) in [7, 11) is 1.80. The zero-order valence-corrected chi connectivity index (χ0v) is 14.0. The second kappa shape index (κ2) is 7.13. The molecule has 0 unspecified atom stereocenters. The highest BCUT2D eigenvalue weighted by molar-refractivity contribution is 6.06. The predicted molar refractivity (Wildman–Crippen MR) is 96.3 cm³/mol. The molecule has 122 valence electrons. The Bertz CT molecular complexity index is 809. The summed E-state index contributed by atoms with van der Waals surface area (Å²) in [5.74, 6) is -0.0302. The summed E-state index contributed by atoms with van der Waals surface area (Å²) >= 11 is 0. The van der Waals surface area contributed by atoms with Crippen LogP contribution in [-0.2, 0) is 13.0 Å². The van der Waals surface area contributed by atoms with Crippen molar-refractivity contribution in [3.05, 3.63) is 83.7 Å². The molecule has 1 heterocycles. The molecule has 3 aromatic rings. The van der Waals surface area contributed by atoms with Gasteiger partial charge in [-0.05, 0) is 24.1 Å². The SMILES string of the molecule is CCc1c(C(=O)N(C)c2ccccc2)cnn1Cc1ccccc1. The van der Waals surface area contributed by atoms with Gasteiger partial charge in [0.1, 0.15) is 0 Å². The first-order valence-corrected chi connectivity index (χ1v) is 8.12. The van der Waals surface area contributed by atoms with Crippen LogP contribution in [0.5, 0.6) is 0 Å². The van der Waals surface area contributed by atoms with Crippen molar-refractivity contribution in [2.45, 2.75) is 19.9 Å². The van der Waals surface area contributed by atoms with E-state index in [9.17, 15) is 4.79 Å². The average Bonchev–Trinajstić information content (AvgIpc) is 3.04. The molecule has 4 heteroatoms. The smallest absolute Gasteiger partial charge is 0.261 e. The molecule has 4 nitrogen and oxygen atoms in total. The number of rotatable bonds is 5. The first kappa shape index (κ1) is 16.0. The minimum Gasteiger partial charge on any atom is -0.311 e. The lowest BCUT2D eigenvalue weighted by atomic mass is 10.1. The lowest BCUT2D eigenvalue weighted by Crippen LogP contribution is -2.27. The van der Waals surface area contributed by atoms with E-state index in [1.165, 1.54) is 5.56 Å². The van der Waals surface area contributed by atoms with Crippen LogP contribution in [0.2, 0.25) is 0 Å². The first-order chi connectivity index (χ1) is 11.7. The normalized spacial score (nSPS) is 10.6. The van der Waals surface area contributed by atoms with E-state index in [-0.39, 0.29) is 5.91 Å². The molecule has 24 heavy (non-hydrogen) atoms. The Labute approximate surface area is 142 Å². The second-order valence-corrected chi connectivity index (χ2v) is 5.70. The number of amides is 1. The van der Waals surface area contributed by atoms with Gasteiger partial charge in [0, 0.05) is 12.7 Å². The number of hydrogen-bond acceptors (Lipinski definition) is 2. The van der Waals surface area contributed by atoms with Crippen LogP contribution < -0.4 is 4.90 Å². The predicted octanol–water partition coefficient (Wildman–Crippen LogP) is 3.77. The molecule has 0 radical (unpaired) electrons. The number of nitrogens with zero attached hydrogens (tertiary/aromatic N) is 3. The van der Waals surface area contributed by atoms with E-state index in [2.05, 4.69) is 24.2 Å². The van der Waals surface area contributed by atoms with E-state index in [1.807, 2.05) is 53.2 Å². The summed E-state index contributed by atoms with van der Waals surface area (Å²) < 4.78 is 1.92. The quantitative estimate of drug-likeness (QED) is 0.718. The van der Waals surface area contributed by atoms with Gasteiger partial charge in [0.25, 0.3) is 5.91 Å². The molecule has 0 spiro atoms. The fraction of sp³-hybridized carbons (Fsp3) is 0.200. The molecule has 0 bridgehead atoms. The molecule has 0 saturated heterocycles. The average molecular weight is 319 g/mol. The van der Waals surface area contributed by atoms with Gasteiger partial charge in [-0.2, -0.15) is 5.10 Å². The molecular formula is C20H21N3O. The van der Waals surface area contributed by atoms with E-state index in [0.717, 1.165) is 17.8 Å². The maximum atomic E-state index is 12.9. The van der Waals surface area contributed by atoms with Crippen molar-refractivity contribution >= 4 is 11.6 Å². The monoisotopic (exact) mass is 319 g/mol. The summed E-state index contributed by atoms with van der Waals surface area (Å²) in [6, 6.07) is 19.8. The molecule has 0 aliphatic carbocycles. The molecular weight excluding hydrogens is 298 g/mol. The lowest BCUT2D eigenvalue weighted by molar-refractivity contribution is 0.0992. The molecule has 1 aromatic heterocycles. The van der Waals surface area contributed by atoms with E-state index in [4.69, 9.17) is 0 Å². The number of anilines is 1. The van der Waals surface area contributed by atoms with Crippen LogP contribution in [0.15, 0.2) is 66.9 Å². The topological polar surface area (TPSA) is 38.1 Å². The zero-order valence-electron chi connectivity index (χ0n) is 14.0. The van der Waals surface area contributed by atoms with Crippen LogP contribution in [0.1, 0.15) is 28.5 Å². The molecule has 0 aliphatic rings.